The molecule has 2 aromatic carbocycles. The van der Waals surface area contributed by atoms with Crippen LogP contribution in [0.4, 0.5) is 0 Å². The molecule has 1 amide bonds. The monoisotopic (exact) mass is 482 g/mol. The normalized spacial score (nSPS) is 13.1. The van der Waals surface area contributed by atoms with E-state index in [2.05, 4.69) is 20.3 Å². The third-order valence-corrected chi connectivity index (χ3v) is 8.20. The van der Waals surface area contributed by atoms with Crippen molar-refractivity contribution in [3.8, 4) is 0 Å². The van der Waals surface area contributed by atoms with E-state index in [0.29, 0.717) is 32.2 Å². The Balaban J connectivity index is 1.87. The van der Waals surface area contributed by atoms with E-state index in [-0.39, 0.29) is 12.2 Å². The van der Waals surface area contributed by atoms with Crippen LogP contribution >= 0.6 is 19.0 Å². The van der Waals surface area contributed by atoms with Crippen molar-refractivity contribution in [2.45, 2.75) is 26.8 Å². The van der Waals surface area contributed by atoms with Crippen LogP contribution in [0, 0.1) is 6.92 Å². The lowest BCUT2D eigenvalue weighted by Gasteiger charge is -2.19. The number of carbonyl (C=O) groups is 1. The molecule has 0 radical (unpaired) electrons. The first-order chi connectivity index (χ1) is 15.9. The van der Waals surface area contributed by atoms with Crippen LogP contribution in [0.1, 0.15) is 34.2 Å². The second-order valence-corrected chi connectivity index (χ2v) is 10.6. The van der Waals surface area contributed by atoms with Crippen LogP contribution in [-0.4, -0.2) is 28.0 Å². The summed E-state index contributed by atoms with van der Waals surface area (Å²) < 4.78 is 20.2. The van der Waals surface area contributed by atoms with Crippen molar-refractivity contribution >= 4 is 46.4 Å². The van der Waals surface area contributed by atoms with Crippen LogP contribution in [0.25, 0.3) is 10.9 Å². The van der Waals surface area contributed by atoms with Gasteiger partial charge in [0.1, 0.15) is 12.0 Å². The fourth-order valence-electron chi connectivity index (χ4n) is 3.84. The first-order valence-corrected chi connectivity index (χ1v) is 12.5. The van der Waals surface area contributed by atoms with Gasteiger partial charge in [0.05, 0.1) is 17.5 Å². The lowest BCUT2D eigenvalue weighted by Crippen LogP contribution is -2.30. The molecule has 0 saturated heterocycles. The minimum absolute atomic E-state index is 0.172. The van der Waals surface area contributed by atoms with E-state index in [1.807, 2.05) is 32.0 Å². The molecular weight excluding hydrogens is 459 g/mol. The van der Waals surface area contributed by atoms with Gasteiger partial charge in [-0.1, -0.05) is 30.2 Å². The van der Waals surface area contributed by atoms with Gasteiger partial charge in [0.15, 0.2) is 0 Å². The SMILES string of the molecule is CCc1cc(C)cc(P(=O)(OC)c2c(C(=O)NCc3ccncn3)[nH]c3ccc(Cl)cc23)c1. The predicted molar refractivity (Wildman–Crippen MR) is 131 cm³/mol. The molecule has 1 unspecified atom stereocenters. The van der Waals surface area contributed by atoms with Gasteiger partial charge >= 0.3 is 0 Å². The van der Waals surface area contributed by atoms with E-state index < -0.39 is 13.3 Å². The summed E-state index contributed by atoms with van der Waals surface area (Å²) >= 11 is 6.27. The minimum atomic E-state index is -3.65. The highest BCUT2D eigenvalue weighted by Gasteiger charge is 2.36. The zero-order valence-corrected chi connectivity index (χ0v) is 20.2. The highest BCUT2D eigenvalue weighted by Crippen LogP contribution is 2.47. The van der Waals surface area contributed by atoms with Crippen molar-refractivity contribution in [1.29, 1.82) is 0 Å². The number of H-pyrrole nitrogens is 1. The molecule has 1 atom stereocenters. The summed E-state index contributed by atoms with van der Waals surface area (Å²) in [5.74, 6) is -0.420. The molecule has 0 aliphatic rings. The summed E-state index contributed by atoms with van der Waals surface area (Å²) in [6, 6.07) is 12.7. The number of carbonyl (C=O) groups excluding carboxylic acids is 1. The Bertz CT molecular complexity index is 1370. The van der Waals surface area contributed by atoms with Crippen LogP contribution in [0.2, 0.25) is 5.02 Å². The maximum absolute atomic E-state index is 14.5. The molecule has 0 aliphatic heterocycles. The largest absolute Gasteiger partial charge is 0.350 e. The number of aromatic nitrogens is 3. The van der Waals surface area contributed by atoms with Gasteiger partial charge in [0.2, 0.25) is 0 Å². The lowest BCUT2D eigenvalue weighted by molar-refractivity contribution is 0.0947. The van der Waals surface area contributed by atoms with Crippen molar-refractivity contribution < 1.29 is 13.9 Å². The molecule has 4 aromatic rings. The number of aryl methyl sites for hydroxylation is 2. The molecule has 9 heteroatoms. The maximum atomic E-state index is 14.5. The Morgan fingerprint density at radius 3 is 2.73 bits per heavy atom. The molecule has 2 heterocycles. The van der Waals surface area contributed by atoms with Crippen LogP contribution < -0.4 is 15.9 Å². The summed E-state index contributed by atoms with van der Waals surface area (Å²) in [5, 5.41) is 4.73. The second-order valence-electron chi connectivity index (χ2n) is 7.69. The molecular formula is C24H24ClN4O3P. The molecule has 170 valence electrons. The number of rotatable bonds is 7. The maximum Gasteiger partial charge on any atom is 0.268 e. The van der Waals surface area contributed by atoms with Crippen molar-refractivity contribution in [1.82, 2.24) is 20.3 Å². The summed E-state index contributed by atoms with van der Waals surface area (Å²) in [6.07, 6.45) is 3.80. The molecule has 4 rings (SSSR count). The summed E-state index contributed by atoms with van der Waals surface area (Å²) in [5.41, 5.74) is 3.47. The van der Waals surface area contributed by atoms with Crippen molar-refractivity contribution in [3.63, 3.8) is 0 Å². The highest BCUT2D eigenvalue weighted by molar-refractivity contribution is 7.75. The Morgan fingerprint density at radius 2 is 2.03 bits per heavy atom. The number of halogens is 1. The molecule has 0 saturated carbocycles. The second kappa shape index (κ2) is 9.48. The average molecular weight is 483 g/mol. The fraction of sp³-hybridized carbons (Fsp3) is 0.208. The molecule has 2 N–H and O–H groups in total. The zero-order valence-electron chi connectivity index (χ0n) is 18.6. The van der Waals surface area contributed by atoms with Crippen molar-refractivity contribution in [2.24, 2.45) is 0 Å². The van der Waals surface area contributed by atoms with Gasteiger partial charge in [0, 0.05) is 34.5 Å². The molecule has 33 heavy (non-hydrogen) atoms. The number of hydrogen-bond donors (Lipinski definition) is 2. The van der Waals surface area contributed by atoms with Crippen LogP contribution in [-0.2, 0) is 22.1 Å². The molecule has 0 bridgehead atoms. The van der Waals surface area contributed by atoms with Gasteiger partial charge in [0.25, 0.3) is 13.3 Å². The molecule has 0 aliphatic carbocycles. The molecule has 2 aromatic heterocycles. The van der Waals surface area contributed by atoms with E-state index in [1.165, 1.54) is 13.4 Å². The van der Waals surface area contributed by atoms with Gasteiger partial charge in [-0.3, -0.25) is 9.36 Å². The van der Waals surface area contributed by atoms with Crippen LogP contribution in [0.15, 0.2) is 55.0 Å². The summed E-state index contributed by atoms with van der Waals surface area (Å²) in [4.78, 5) is 24.4. The van der Waals surface area contributed by atoms with Crippen LogP contribution in [0.3, 0.4) is 0 Å². The Labute approximate surface area is 197 Å². The zero-order chi connectivity index (χ0) is 23.6. The Morgan fingerprint density at radius 1 is 1.21 bits per heavy atom. The number of hydrogen-bond acceptors (Lipinski definition) is 5. The van der Waals surface area contributed by atoms with Crippen molar-refractivity contribution in [2.75, 3.05) is 7.11 Å². The van der Waals surface area contributed by atoms with E-state index in [0.717, 1.165) is 17.5 Å². The number of nitrogens with zero attached hydrogens (tertiary/aromatic N) is 2. The first-order valence-electron chi connectivity index (χ1n) is 10.5. The number of amides is 1. The smallest absolute Gasteiger partial charge is 0.268 e. The van der Waals surface area contributed by atoms with Crippen molar-refractivity contribution in [3.05, 3.63) is 82.5 Å². The van der Waals surface area contributed by atoms with E-state index in [4.69, 9.17) is 16.1 Å². The molecule has 0 fully saturated rings. The Hall–Kier alpha value is -2.99. The third-order valence-electron chi connectivity index (χ3n) is 5.46. The summed E-state index contributed by atoms with van der Waals surface area (Å²) in [7, 11) is -2.25. The lowest BCUT2D eigenvalue weighted by atomic mass is 10.1. The first kappa shape index (κ1) is 23.2. The minimum Gasteiger partial charge on any atom is -0.350 e. The Kier molecular flexibility index (Phi) is 6.66. The number of aromatic amines is 1. The van der Waals surface area contributed by atoms with Gasteiger partial charge in [-0.25, -0.2) is 9.97 Å². The summed E-state index contributed by atoms with van der Waals surface area (Å²) in [6.45, 7) is 4.18. The number of fused-ring (bicyclic) bond motifs is 1. The molecule has 7 nitrogen and oxygen atoms in total. The average Bonchev–Trinajstić information content (AvgIpc) is 3.21. The van der Waals surface area contributed by atoms with E-state index in [1.54, 1.807) is 30.5 Å². The van der Waals surface area contributed by atoms with Crippen LogP contribution in [0.5, 0.6) is 0 Å². The third kappa shape index (κ3) is 4.58. The highest BCUT2D eigenvalue weighted by atomic mass is 35.5. The topological polar surface area (TPSA) is 97.0 Å². The van der Waals surface area contributed by atoms with Gasteiger partial charge in [-0.2, -0.15) is 0 Å². The quantitative estimate of drug-likeness (QED) is 0.383. The van der Waals surface area contributed by atoms with E-state index >= 15 is 0 Å². The number of nitrogens with one attached hydrogen (secondary N) is 2. The fourth-order valence-corrected chi connectivity index (χ4v) is 6.33. The predicted octanol–water partition coefficient (Wildman–Crippen LogP) is 4.29. The van der Waals surface area contributed by atoms with Gasteiger partial charge < -0.3 is 14.8 Å². The number of benzene rings is 2. The van der Waals surface area contributed by atoms with Gasteiger partial charge in [-0.05, 0) is 55.3 Å². The standard InChI is InChI=1S/C24H24ClN4O3P/c1-4-16-9-15(2)10-19(11-16)33(31,32-3)23-20-12-17(25)5-6-21(20)29-22(23)24(30)27-13-18-7-8-26-14-28-18/h5-12,14,29H,4,13H2,1-3H3,(H,27,30). The van der Waals surface area contributed by atoms with Gasteiger partial charge in [-0.15, -0.1) is 0 Å². The van der Waals surface area contributed by atoms with E-state index in [9.17, 15) is 9.36 Å². The molecule has 0 spiro atoms.